The number of halogens is 1. The van der Waals surface area contributed by atoms with E-state index in [1.807, 2.05) is 6.07 Å². The van der Waals surface area contributed by atoms with Crippen LogP contribution in [0.5, 0.6) is 0 Å². The predicted octanol–water partition coefficient (Wildman–Crippen LogP) is 1.48. The molecule has 0 unspecified atom stereocenters. The minimum atomic E-state index is -0.364. The Balaban J connectivity index is 2.53. The largest absolute Gasteiger partial charge is 0.465 e. The Morgan fingerprint density at radius 1 is 1.59 bits per heavy atom. The fourth-order valence-electron chi connectivity index (χ4n) is 1.72. The van der Waals surface area contributed by atoms with Crippen LogP contribution < -0.4 is 5.73 Å². The number of aromatic nitrogens is 2. The molecule has 0 fully saturated rings. The topological polar surface area (TPSA) is 70.1 Å². The monoisotopic (exact) mass is 297 g/mol. The Labute approximate surface area is 107 Å². The summed E-state index contributed by atoms with van der Waals surface area (Å²) in [6.45, 7) is 0.547. The van der Waals surface area contributed by atoms with Crippen LogP contribution in [0.25, 0.3) is 10.9 Å². The number of esters is 1. The van der Waals surface area contributed by atoms with Crippen molar-refractivity contribution in [3.8, 4) is 0 Å². The number of hydrogen-bond acceptors (Lipinski definition) is 4. The summed E-state index contributed by atoms with van der Waals surface area (Å²) in [4.78, 5) is 11.4. The number of carbonyl (C=O) groups excluding carboxylic acids is 1. The predicted molar refractivity (Wildman–Crippen MR) is 68.2 cm³/mol. The number of ether oxygens (including phenoxy) is 1. The van der Waals surface area contributed by atoms with E-state index in [0.29, 0.717) is 12.1 Å². The standard InChI is InChI=1S/C11H12BrN3O2/c1-17-11(16)7-2-3-8-9(6-7)14-15(12)10(8)4-5-13/h2-3,6H,4-5,13H2,1H3. The maximum atomic E-state index is 11.4. The Hall–Kier alpha value is -1.40. The number of nitrogens with zero attached hydrogens (tertiary/aromatic N) is 2. The molecule has 2 N–H and O–H groups in total. The van der Waals surface area contributed by atoms with Crippen molar-refractivity contribution in [3.05, 3.63) is 29.5 Å². The van der Waals surface area contributed by atoms with Crippen LogP contribution in [0.3, 0.4) is 0 Å². The summed E-state index contributed by atoms with van der Waals surface area (Å²) in [5.74, 6) is -0.364. The molecule has 0 saturated heterocycles. The molecule has 6 heteroatoms. The van der Waals surface area contributed by atoms with Crippen LogP contribution in [-0.2, 0) is 11.2 Å². The van der Waals surface area contributed by atoms with Crippen molar-refractivity contribution in [2.75, 3.05) is 13.7 Å². The minimum absolute atomic E-state index is 0.364. The second kappa shape index (κ2) is 4.85. The summed E-state index contributed by atoms with van der Waals surface area (Å²) in [5, 5.41) is 5.27. The van der Waals surface area contributed by atoms with E-state index in [1.165, 1.54) is 7.11 Å². The third-order valence-corrected chi connectivity index (χ3v) is 3.12. The average Bonchev–Trinajstić information content (AvgIpc) is 2.64. The first-order valence-electron chi connectivity index (χ1n) is 5.13. The van der Waals surface area contributed by atoms with E-state index in [2.05, 4.69) is 26.0 Å². The Morgan fingerprint density at radius 2 is 2.35 bits per heavy atom. The number of rotatable bonds is 3. The van der Waals surface area contributed by atoms with Gasteiger partial charge >= 0.3 is 5.97 Å². The first-order chi connectivity index (χ1) is 8.17. The highest BCUT2D eigenvalue weighted by Gasteiger charge is 2.12. The van der Waals surface area contributed by atoms with Gasteiger partial charge < -0.3 is 10.5 Å². The number of benzene rings is 1. The smallest absolute Gasteiger partial charge is 0.337 e. The fourth-order valence-corrected chi connectivity index (χ4v) is 2.26. The van der Waals surface area contributed by atoms with Crippen LogP contribution in [0.2, 0.25) is 0 Å². The molecule has 2 rings (SSSR count). The second-order valence-corrected chi connectivity index (χ2v) is 4.24. The molecule has 0 spiro atoms. The SMILES string of the molecule is COC(=O)c1ccc2c(CCN)n(Br)nc2c1. The van der Waals surface area contributed by atoms with Crippen LogP contribution >= 0.6 is 16.1 Å². The Kier molecular flexibility index (Phi) is 3.44. The zero-order chi connectivity index (χ0) is 12.4. The van der Waals surface area contributed by atoms with Gasteiger partial charge in [-0.3, -0.25) is 0 Å². The third-order valence-electron chi connectivity index (χ3n) is 2.53. The highest BCUT2D eigenvalue weighted by Crippen LogP contribution is 2.22. The lowest BCUT2D eigenvalue weighted by molar-refractivity contribution is 0.0601. The summed E-state index contributed by atoms with van der Waals surface area (Å²) < 4.78 is 6.28. The third kappa shape index (κ3) is 2.18. The van der Waals surface area contributed by atoms with Crippen molar-refractivity contribution in [3.63, 3.8) is 0 Å². The molecule has 5 nitrogen and oxygen atoms in total. The van der Waals surface area contributed by atoms with Crippen molar-refractivity contribution in [2.24, 2.45) is 5.73 Å². The molecule has 0 aliphatic carbocycles. The molecule has 0 radical (unpaired) electrons. The van der Waals surface area contributed by atoms with E-state index in [-0.39, 0.29) is 5.97 Å². The summed E-state index contributed by atoms with van der Waals surface area (Å²) in [5.41, 5.74) is 7.78. The second-order valence-electron chi connectivity index (χ2n) is 3.57. The van der Waals surface area contributed by atoms with Crippen molar-refractivity contribution >= 4 is 33.0 Å². The van der Waals surface area contributed by atoms with Crippen LogP contribution in [0.4, 0.5) is 0 Å². The van der Waals surface area contributed by atoms with Gasteiger partial charge in [0.2, 0.25) is 0 Å². The number of methoxy groups -OCH3 is 1. The van der Waals surface area contributed by atoms with Crippen LogP contribution in [-0.4, -0.2) is 28.4 Å². The van der Waals surface area contributed by atoms with Gasteiger partial charge in [-0.2, -0.15) is 5.10 Å². The first-order valence-corrected chi connectivity index (χ1v) is 5.84. The van der Waals surface area contributed by atoms with Gasteiger partial charge in [-0.15, -0.1) is 0 Å². The van der Waals surface area contributed by atoms with Gasteiger partial charge in [0.1, 0.15) is 0 Å². The summed E-state index contributed by atoms with van der Waals surface area (Å²) in [6, 6.07) is 5.29. The molecule has 0 atom stereocenters. The molecule has 1 heterocycles. The average molecular weight is 298 g/mol. The Bertz CT molecular complexity index is 565. The maximum absolute atomic E-state index is 11.4. The van der Waals surface area contributed by atoms with E-state index >= 15 is 0 Å². The van der Waals surface area contributed by atoms with E-state index in [9.17, 15) is 4.79 Å². The van der Waals surface area contributed by atoms with Crippen LogP contribution in [0.1, 0.15) is 16.1 Å². The quantitative estimate of drug-likeness (QED) is 0.871. The van der Waals surface area contributed by atoms with Crippen LogP contribution in [0, 0.1) is 0 Å². The van der Waals surface area contributed by atoms with Crippen molar-refractivity contribution in [1.29, 1.82) is 0 Å². The van der Waals surface area contributed by atoms with E-state index < -0.39 is 0 Å². The lowest BCUT2D eigenvalue weighted by Gasteiger charge is -1.99. The van der Waals surface area contributed by atoms with Gasteiger partial charge in [0.05, 0.1) is 40.0 Å². The summed E-state index contributed by atoms with van der Waals surface area (Å²) in [7, 11) is 1.36. The van der Waals surface area contributed by atoms with Crippen LogP contribution in [0.15, 0.2) is 18.2 Å². The normalized spacial score (nSPS) is 10.8. The molecule has 0 saturated carbocycles. The molecular weight excluding hydrogens is 286 g/mol. The molecule has 2 aromatic rings. The van der Waals surface area contributed by atoms with Crippen molar-refractivity contribution < 1.29 is 9.53 Å². The molecule has 0 amide bonds. The van der Waals surface area contributed by atoms with Crippen molar-refractivity contribution in [1.82, 2.24) is 8.81 Å². The van der Waals surface area contributed by atoms with Gasteiger partial charge in [-0.1, -0.05) is 6.07 Å². The van der Waals surface area contributed by atoms with Gasteiger partial charge in [-0.05, 0) is 18.7 Å². The summed E-state index contributed by atoms with van der Waals surface area (Å²) >= 11 is 3.32. The summed E-state index contributed by atoms with van der Waals surface area (Å²) in [6.07, 6.45) is 0.722. The van der Waals surface area contributed by atoms with Gasteiger partial charge in [-0.25, -0.2) is 8.50 Å². The molecule has 0 aliphatic rings. The molecule has 17 heavy (non-hydrogen) atoms. The van der Waals surface area contributed by atoms with Gasteiger partial charge in [0.25, 0.3) is 0 Å². The number of hydrogen-bond donors (Lipinski definition) is 1. The first kappa shape index (κ1) is 12.1. The van der Waals surface area contributed by atoms with E-state index in [0.717, 1.165) is 23.0 Å². The zero-order valence-electron chi connectivity index (χ0n) is 9.31. The highest BCUT2D eigenvalue weighted by atomic mass is 79.9. The number of fused-ring (bicyclic) bond motifs is 1. The van der Waals surface area contributed by atoms with E-state index in [1.54, 1.807) is 15.8 Å². The molecule has 90 valence electrons. The van der Waals surface area contributed by atoms with Crippen molar-refractivity contribution in [2.45, 2.75) is 6.42 Å². The van der Waals surface area contributed by atoms with Gasteiger partial charge in [0.15, 0.2) is 0 Å². The maximum Gasteiger partial charge on any atom is 0.337 e. The lowest BCUT2D eigenvalue weighted by atomic mass is 10.1. The number of carbonyl (C=O) groups is 1. The molecule has 0 bridgehead atoms. The fraction of sp³-hybridized carbons (Fsp3) is 0.273. The van der Waals surface area contributed by atoms with E-state index in [4.69, 9.17) is 5.73 Å². The molecule has 1 aromatic carbocycles. The molecule has 0 aliphatic heterocycles. The molecular formula is C11H12BrN3O2. The highest BCUT2D eigenvalue weighted by molar-refractivity contribution is 9.08. The lowest BCUT2D eigenvalue weighted by Crippen LogP contribution is -2.05. The number of nitrogens with two attached hydrogens (primary N) is 1. The van der Waals surface area contributed by atoms with Gasteiger partial charge in [0, 0.05) is 11.8 Å². The molecule has 1 aromatic heterocycles. The Morgan fingerprint density at radius 3 is 3.00 bits per heavy atom. The minimum Gasteiger partial charge on any atom is -0.465 e. The zero-order valence-corrected chi connectivity index (χ0v) is 10.9.